The van der Waals surface area contributed by atoms with Crippen LogP contribution in [0.15, 0.2) is 126 Å². The van der Waals surface area contributed by atoms with E-state index >= 15 is 0 Å². The van der Waals surface area contributed by atoms with Crippen molar-refractivity contribution in [3.05, 3.63) is 138 Å². The minimum absolute atomic E-state index is 0.209. The standard InChI is InChI=1S/C39H37N3O4/c1-28-3-9-31(10-4-28)41(32-11-5-29(2)6-12-32)33-13-7-30(8-14-33)23-40-42(34-15-19-36(20-16-34)43-24-38-26-45-38)35-17-21-37(22-18-35)44-25-39-27-46-39/h3-23,38-39H,24-27H2,1-2H3/t38-,39?/m0/s1. The van der Waals surface area contributed by atoms with E-state index in [1.165, 1.54) is 11.1 Å². The van der Waals surface area contributed by atoms with E-state index in [0.29, 0.717) is 13.2 Å². The average molecular weight is 612 g/mol. The van der Waals surface area contributed by atoms with E-state index in [0.717, 1.165) is 58.7 Å². The van der Waals surface area contributed by atoms with Gasteiger partial charge in [-0.1, -0.05) is 47.5 Å². The summed E-state index contributed by atoms with van der Waals surface area (Å²) in [6.45, 7) is 6.88. The Bertz CT molecular complexity index is 1640. The molecule has 232 valence electrons. The van der Waals surface area contributed by atoms with Crippen molar-refractivity contribution in [2.45, 2.75) is 26.1 Å². The molecule has 0 saturated carbocycles. The maximum atomic E-state index is 5.86. The van der Waals surface area contributed by atoms with E-state index < -0.39 is 0 Å². The fourth-order valence-electron chi connectivity index (χ4n) is 5.03. The lowest BCUT2D eigenvalue weighted by Crippen LogP contribution is -2.11. The predicted molar refractivity (Wildman–Crippen MR) is 184 cm³/mol. The summed E-state index contributed by atoms with van der Waals surface area (Å²) in [5.41, 5.74) is 8.55. The molecule has 2 fully saturated rings. The summed E-state index contributed by atoms with van der Waals surface area (Å²) in [4.78, 5) is 2.27. The molecule has 46 heavy (non-hydrogen) atoms. The van der Waals surface area contributed by atoms with E-state index in [1.807, 2.05) is 59.8 Å². The maximum absolute atomic E-state index is 5.86. The van der Waals surface area contributed by atoms with Crippen LogP contribution >= 0.6 is 0 Å². The van der Waals surface area contributed by atoms with Crippen molar-refractivity contribution in [3.63, 3.8) is 0 Å². The average Bonchev–Trinajstić information content (AvgIpc) is 4.03. The van der Waals surface area contributed by atoms with Gasteiger partial charge < -0.3 is 23.8 Å². The molecule has 2 heterocycles. The second-order valence-electron chi connectivity index (χ2n) is 11.7. The first kappa shape index (κ1) is 29.6. The van der Waals surface area contributed by atoms with Gasteiger partial charge in [0.05, 0.1) is 30.8 Å². The van der Waals surface area contributed by atoms with E-state index in [-0.39, 0.29) is 12.2 Å². The Balaban J connectivity index is 1.14. The molecule has 7 nitrogen and oxygen atoms in total. The van der Waals surface area contributed by atoms with Crippen LogP contribution in [0, 0.1) is 13.8 Å². The van der Waals surface area contributed by atoms with Crippen molar-refractivity contribution in [1.29, 1.82) is 0 Å². The Morgan fingerprint density at radius 2 is 0.935 bits per heavy atom. The smallest absolute Gasteiger partial charge is 0.119 e. The van der Waals surface area contributed by atoms with Crippen LogP contribution in [0.2, 0.25) is 0 Å². The molecule has 7 heteroatoms. The van der Waals surface area contributed by atoms with Crippen molar-refractivity contribution in [2.75, 3.05) is 36.3 Å². The first-order chi connectivity index (χ1) is 22.6. The largest absolute Gasteiger partial charge is 0.491 e. The highest BCUT2D eigenvalue weighted by Crippen LogP contribution is 2.35. The van der Waals surface area contributed by atoms with Gasteiger partial charge in [0.25, 0.3) is 0 Å². The number of aryl methyl sites for hydroxylation is 2. The summed E-state index contributed by atoms with van der Waals surface area (Å²) in [6, 6.07) is 41.6. The number of hydrogen-bond acceptors (Lipinski definition) is 7. The van der Waals surface area contributed by atoms with E-state index in [2.05, 4.69) is 91.5 Å². The third-order valence-corrected chi connectivity index (χ3v) is 7.90. The molecule has 0 aliphatic carbocycles. The Morgan fingerprint density at radius 3 is 1.33 bits per heavy atom. The van der Waals surface area contributed by atoms with Crippen LogP contribution in [0.3, 0.4) is 0 Å². The van der Waals surface area contributed by atoms with Crippen LogP contribution in [0.4, 0.5) is 28.4 Å². The molecular weight excluding hydrogens is 574 g/mol. The van der Waals surface area contributed by atoms with Gasteiger partial charge in [-0.25, -0.2) is 5.01 Å². The topological polar surface area (TPSA) is 62.4 Å². The first-order valence-electron chi connectivity index (χ1n) is 15.6. The van der Waals surface area contributed by atoms with Crippen molar-refractivity contribution in [2.24, 2.45) is 5.10 Å². The molecule has 0 N–H and O–H groups in total. The number of hydrazone groups is 1. The third kappa shape index (κ3) is 7.57. The van der Waals surface area contributed by atoms with Gasteiger partial charge in [0.15, 0.2) is 0 Å². The minimum atomic E-state index is 0.209. The van der Waals surface area contributed by atoms with Gasteiger partial charge in [-0.2, -0.15) is 5.10 Å². The summed E-state index contributed by atoms with van der Waals surface area (Å²) < 4.78 is 22.3. The molecule has 0 amide bonds. The number of hydrogen-bond donors (Lipinski definition) is 0. The van der Waals surface area contributed by atoms with Gasteiger partial charge in [-0.15, -0.1) is 0 Å². The lowest BCUT2D eigenvalue weighted by atomic mass is 10.1. The zero-order valence-electron chi connectivity index (χ0n) is 26.1. The normalized spacial score (nSPS) is 16.7. The van der Waals surface area contributed by atoms with Crippen LogP contribution in [-0.4, -0.2) is 44.9 Å². The number of nitrogens with zero attached hydrogens (tertiary/aromatic N) is 3. The number of ether oxygens (including phenoxy) is 4. The minimum Gasteiger partial charge on any atom is -0.491 e. The quantitative estimate of drug-likeness (QED) is 0.0756. The molecule has 2 saturated heterocycles. The first-order valence-corrected chi connectivity index (χ1v) is 15.6. The van der Waals surface area contributed by atoms with Crippen molar-refractivity contribution in [1.82, 2.24) is 0 Å². The highest BCUT2D eigenvalue weighted by Gasteiger charge is 2.24. The highest BCUT2D eigenvalue weighted by molar-refractivity contribution is 5.84. The Labute approximate surface area is 270 Å². The molecule has 1 unspecified atom stereocenters. The van der Waals surface area contributed by atoms with Gasteiger partial charge in [-0.3, -0.25) is 0 Å². The van der Waals surface area contributed by atoms with E-state index in [9.17, 15) is 0 Å². The molecule has 0 spiro atoms. The zero-order chi connectivity index (χ0) is 31.3. The van der Waals surface area contributed by atoms with Gasteiger partial charge in [0.2, 0.25) is 0 Å². The Hall–Kier alpha value is -5.11. The van der Waals surface area contributed by atoms with Crippen LogP contribution in [-0.2, 0) is 9.47 Å². The Kier molecular flexibility index (Phi) is 8.67. The lowest BCUT2D eigenvalue weighted by molar-refractivity contribution is 0.263. The predicted octanol–water partition coefficient (Wildman–Crippen LogP) is 8.50. The molecule has 2 aliphatic heterocycles. The van der Waals surface area contributed by atoms with Crippen LogP contribution in [0.1, 0.15) is 16.7 Å². The fourth-order valence-corrected chi connectivity index (χ4v) is 5.03. The lowest BCUT2D eigenvalue weighted by Gasteiger charge is -2.26. The molecule has 0 bridgehead atoms. The summed E-state index contributed by atoms with van der Waals surface area (Å²) in [5, 5.41) is 6.86. The molecule has 2 atom stereocenters. The molecule has 7 rings (SSSR count). The zero-order valence-corrected chi connectivity index (χ0v) is 26.1. The third-order valence-electron chi connectivity index (χ3n) is 7.90. The van der Waals surface area contributed by atoms with Crippen molar-refractivity contribution in [3.8, 4) is 11.5 Å². The second-order valence-corrected chi connectivity index (χ2v) is 11.7. The van der Waals surface area contributed by atoms with Gasteiger partial charge in [0.1, 0.15) is 36.9 Å². The molecule has 0 radical (unpaired) electrons. The van der Waals surface area contributed by atoms with Gasteiger partial charge >= 0.3 is 0 Å². The molecule has 5 aromatic rings. The van der Waals surface area contributed by atoms with E-state index in [4.69, 9.17) is 24.0 Å². The van der Waals surface area contributed by atoms with Crippen LogP contribution in [0.25, 0.3) is 0 Å². The molecular formula is C39H37N3O4. The summed E-state index contributed by atoms with van der Waals surface area (Å²) >= 11 is 0. The van der Waals surface area contributed by atoms with Crippen molar-refractivity contribution >= 4 is 34.7 Å². The SMILES string of the molecule is Cc1ccc(N(c2ccc(C)cc2)c2ccc(C=NN(c3ccc(OCC4CO4)cc3)c3ccc(OC[C@H]4CO4)cc3)cc2)cc1. The Morgan fingerprint density at radius 1 is 0.565 bits per heavy atom. The molecule has 0 aromatic heterocycles. The number of benzene rings is 5. The highest BCUT2D eigenvalue weighted by atomic mass is 16.6. The maximum Gasteiger partial charge on any atom is 0.119 e. The van der Waals surface area contributed by atoms with Gasteiger partial charge in [-0.05, 0) is 104 Å². The molecule has 2 aliphatic rings. The van der Waals surface area contributed by atoms with Crippen LogP contribution in [0.5, 0.6) is 11.5 Å². The monoisotopic (exact) mass is 611 g/mol. The van der Waals surface area contributed by atoms with E-state index in [1.54, 1.807) is 0 Å². The number of anilines is 5. The van der Waals surface area contributed by atoms with Gasteiger partial charge in [0, 0.05) is 17.1 Å². The summed E-state index contributed by atoms with van der Waals surface area (Å²) in [7, 11) is 0. The number of rotatable bonds is 13. The second kappa shape index (κ2) is 13.5. The van der Waals surface area contributed by atoms with Crippen molar-refractivity contribution < 1.29 is 18.9 Å². The summed E-state index contributed by atoms with van der Waals surface area (Å²) in [6.07, 6.45) is 2.30. The molecule has 5 aromatic carbocycles. The number of epoxide rings is 2. The fraction of sp³-hybridized carbons (Fsp3) is 0.205. The van der Waals surface area contributed by atoms with Crippen LogP contribution < -0.4 is 19.4 Å². The summed E-state index contributed by atoms with van der Waals surface area (Å²) in [5.74, 6) is 1.60.